The summed E-state index contributed by atoms with van der Waals surface area (Å²) >= 11 is 0. The van der Waals surface area contributed by atoms with Gasteiger partial charge in [-0.2, -0.15) is 0 Å². The van der Waals surface area contributed by atoms with Crippen molar-refractivity contribution < 1.29 is 4.79 Å². The van der Waals surface area contributed by atoms with Gasteiger partial charge >= 0.3 is 0 Å². The SMILES string of the molecule is C#Cc1ccc(C)c(C2(C(=O)/C(C)=C\C)CCNCC2)c1. The summed E-state index contributed by atoms with van der Waals surface area (Å²) in [5.41, 5.74) is 3.50. The van der Waals surface area contributed by atoms with E-state index in [-0.39, 0.29) is 5.78 Å². The van der Waals surface area contributed by atoms with E-state index in [1.54, 1.807) is 0 Å². The molecular weight excluding hydrogens is 258 g/mol. The monoisotopic (exact) mass is 281 g/mol. The summed E-state index contributed by atoms with van der Waals surface area (Å²) in [7, 11) is 0. The van der Waals surface area contributed by atoms with E-state index < -0.39 is 5.41 Å². The molecule has 1 fully saturated rings. The van der Waals surface area contributed by atoms with E-state index in [1.807, 2.05) is 38.1 Å². The van der Waals surface area contributed by atoms with Gasteiger partial charge in [0.1, 0.15) is 0 Å². The Labute approximate surface area is 127 Å². The maximum absolute atomic E-state index is 13.1. The average molecular weight is 281 g/mol. The number of hydrogen-bond donors (Lipinski definition) is 1. The van der Waals surface area contributed by atoms with Crippen molar-refractivity contribution in [3.05, 3.63) is 46.5 Å². The topological polar surface area (TPSA) is 29.1 Å². The molecule has 1 heterocycles. The van der Waals surface area contributed by atoms with Crippen molar-refractivity contribution in [2.24, 2.45) is 0 Å². The van der Waals surface area contributed by atoms with Gasteiger partial charge in [-0.15, -0.1) is 6.42 Å². The first kappa shape index (κ1) is 15.5. The number of rotatable bonds is 3. The van der Waals surface area contributed by atoms with Crippen LogP contribution in [0.15, 0.2) is 29.8 Å². The fraction of sp³-hybridized carbons (Fsp3) is 0.421. The van der Waals surface area contributed by atoms with E-state index in [2.05, 4.69) is 18.2 Å². The van der Waals surface area contributed by atoms with Crippen LogP contribution in [0.4, 0.5) is 0 Å². The predicted molar refractivity (Wildman–Crippen MR) is 87.3 cm³/mol. The number of ketones is 1. The highest BCUT2D eigenvalue weighted by Gasteiger charge is 2.42. The molecule has 0 amide bonds. The molecule has 0 saturated carbocycles. The van der Waals surface area contributed by atoms with Crippen LogP contribution in [0.2, 0.25) is 0 Å². The van der Waals surface area contributed by atoms with E-state index in [4.69, 9.17) is 6.42 Å². The van der Waals surface area contributed by atoms with Crippen molar-refractivity contribution in [3.63, 3.8) is 0 Å². The van der Waals surface area contributed by atoms with E-state index in [9.17, 15) is 4.79 Å². The summed E-state index contributed by atoms with van der Waals surface area (Å²) in [5.74, 6) is 2.93. The number of terminal acetylenes is 1. The maximum Gasteiger partial charge on any atom is 0.168 e. The minimum absolute atomic E-state index is 0.240. The van der Waals surface area contributed by atoms with Crippen LogP contribution in [0.25, 0.3) is 0 Å². The van der Waals surface area contributed by atoms with Gasteiger partial charge in [0.15, 0.2) is 5.78 Å². The Hall–Kier alpha value is -1.85. The highest BCUT2D eigenvalue weighted by Crippen LogP contribution is 2.38. The Morgan fingerprint density at radius 3 is 2.62 bits per heavy atom. The van der Waals surface area contributed by atoms with E-state index in [0.717, 1.165) is 48.2 Å². The first-order valence-electron chi connectivity index (χ1n) is 7.51. The van der Waals surface area contributed by atoms with Gasteiger partial charge in [-0.1, -0.05) is 18.1 Å². The highest BCUT2D eigenvalue weighted by molar-refractivity contribution is 6.03. The van der Waals surface area contributed by atoms with Crippen LogP contribution >= 0.6 is 0 Å². The third-order valence-corrected chi connectivity index (χ3v) is 4.60. The van der Waals surface area contributed by atoms with Crippen LogP contribution in [0.3, 0.4) is 0 Å². The summed E-state index contributed by atoms with van der Waals surface area (Å²) in [4.78, 5) is 13.1. The van der Waals surface area contributed by atoms with Crippen LogP contribution in [0, 0.1) is 19.3 Å². The van der Waals surface area contributed by atoms with Gasteiger partial charge in [0.25, 0.3) is 0 Å². The van der Waals surface area contributed by atoms with Gasteiger partial charge in [-0.05, 0) is 75.5 Å². The molecule has 1 saturated heterocycles. The molecule has 1 aromatic rings. The van der Waals surface area contributed by atoms with E-state index >= 15 is 0 Å². The Morgan fingerprint density at radius 2 is 2.05 bits per heavy atom. The highest BCUT2D eigenvalue weighted by atomic mass is 16.1. The maximum atomic E-state index is 13.1. The Kier molecular flexibility index (Phi) is 4.65. The molecule has 2 nitrogen and oxygen atoms in total. The van der Waals surface area contributed by atoms with Crippen molar-refractivity contribution in [1.82, 2.24) is 5.32 Å². The first-order chi connectivity index (χ1) is 10.0. The number of carbonyl (C=O) groups is 1. The van der Waals surface area contributed by atoms with Crippen LogP contribution < -0.4 is 5.32 Å². The molecule has 0 aliphatic carbocycles. The number of carbonyl (C=O) groups excluding carboxylic acids is 1. The zero-order valence-electron chi connectivity index (χ0n) is 13.1. The molecule has 110 valence electrons. The third-order valence-electron chi connectivity index (χ3n) is 4.60. The molecular formula is C19H23NO. The number of Topliss-reactive ketones (excluding diaryl/α,β-unsaturated/α-hetero) is 1. The number of hydrogen-bond acceptors (Lipinski definition) is 2. The largest absolute Gasteiger partial charge is 0.317 e. The van der Waals surface area contributed by atoms with Gasteiger partial charge in [0.05, 0.1) is 5.41 Å². The Balaban J connectivity index is 2.61. The van der Waals surface area contributed by atoms with Crippen LogP contribution in [-0.4, -0.2) is 18.9 Å². The third kappa shape index (κ3) is 2.80. The van der Waals surface area contributed by atoms with Gasteiger partial charge in [0.2, 0.25) is 0 Å². The molecule has 0 atom stereocenters. The summed E-state index contributed by atoms with van der Waals surface area (Å²) in [6.45, 7) is 7.63. The quantitative estimate of drug-likeness (QED) is 0.681. The Morgan fingerprint density at radius 1 is 1.38 bits per heavy atom. The molecule has 0 bridgehead atoms. The van der Waals surface area contributed by atoms with Crippen molar-refractivity contribution in [1.29, 1.82) is 0 Å². The summed E-state index contributed by atoms with van der Waals surface area (Å²) in [6, 6.07) is 6.01. The van der Waals surface area contributed by atoms with Crippen molar-refractivity contribution in [2.45, 2.75) is 39.0 Å². The second-order valence-electron chi connectivity index (χ2n) is 5.81. The van der Waals surface area contributed by atoms with Crippen molar-refractivity contribution in [3.8, 4) is 12.3 Å². The van der Waals surface area contributed by atoms with E-state index in [1.165, 1.54) is 0 Å². The summed E-state index contributed by atoms with van der Waals surface area (Å²) in [6.07, 6.45) is 9.10. The van der Waals surface area contributed by atoms with Crippen molar-refractivity contribution >= 4 is 5.78 Å². The van der Waals surface area contributed by atoms with Crippen LogP contribution in [0.5, 0.6) is 0 Å². The average Bonchev–Trinajstić information content (AvgIpc) is 2.54. The fourth-order valence-corrected chi connectivity index (χ4v) is 3.21. The second kappa shape index (κ2) is 6.28. The fourth-order valence-electron chi connectivity index (χ4n) is 3.21. The van der Waals surface area contributed by atoms with E-state index in [0.29, 0.717) is 0 Å². The lowest BCUT2D eigenvalue weighted by Crippen LogP contribution is -2.46. The molecule has 0 spiro atoms. The number of nitrogens with one attached hydrogen (secondary N) is 1. The van der Waals surface area contributed by atoms with Crippen LogP contribution in [0.1, 0.15) is 43.4 Å². The van der Waals surface area contributed by atoms with Crippen LogP contribution in [-0.2, 0) is 10.2 Å². The molecule has 1 aromatic carbocycles. The summed E-state index contributed by atoms with van der Waals surface area (Å²) in [5, 5.41) is 3.36. The minimum Gasteiger partial charge on any atom is -0.317 e. The van der Waals surface area contributed by atoms with Gasteiger partial charge in [-0.25, -0.2) is 0 Å². The second-order valence-corrected chi connectivity index (χ2v) is 5.81. The number of benzene rings is 1. The van der Waals surface area contributed by atoms with Gasteiger partial charge in [-0.3, -0.25) is 4.79 Å². The molecule has 2 rings (SSSR count). The molecule has 0 unspecified atom stereocenters. The molecule has 1 aliphatic heterocycles. The number of aryl methyl sites for hydroxylation is 1. The molecule has 0 aromatic heterocycles. The summed E-state index contributed by atoms with van der Waals surface area (Å²) < 4.78 is 0. The zero-order chi connectivity index (χ0) is 15.5. The molecule has 21 heavy (non-hydrogen) atoms. The molecule has 1 aliphatic rings. The molecule has 1 N–H and O–H groups in total. The smallest absolute Gasteiger partial charge is 0.168 e. The Bertz CT molecular complexity index is 613. The first-order valence-corrected chi connectivity index (χ1v) is 7.51. The lowest BCUT2D eigenvalue weighted by atomic mass is 9.67. The number of allylic oxidation sites excluding steroid dienone is 2. The molecule has 2 heteroatoms. The lowest BCUT2D eigenvalue weighted by molar-refractivity contribution is -0.121. The standard InChI is InChI=1S/C19H23NO/c1-5-14(3)18(21)19(9-11-20-12-10-19)17-13-16(6-2)8-7-15(17)4/h2,5,7-8,13,20H,9-12H2,1,3-4H3/b14-5-. The zero-order valence-corrected chi connectivity index (χ0v) is 13.1. The number of piperidine rings is 1. The molecule has 0 radical (unpaired) electrons. The predicted octanol–water partition coefficient (Wildman–Crippen LogP) is 3.13. The lowest BCUT2D eigenvalue weighted by Gasteiger charge is -2.38. The van der Waals surface area contributed by atoms with Gasteiger partial charge in [0, 0.05) is 5.56 Å². The van der Waals surface area contributed by atoms with Crippen molar-refractivity contribution in [2.75, 3.05) is 13.1 Å². The van der Waals surface area contributed by atoms with Gasteiger partial charge < -0.3 is 5.32 Å². The normalized spacial score (nSPS) is 18.1. The minimum atomic E-state index is -0.432.